The van der Waals surface area contributed by atoms with Gasteiger partial charge in [-0.1, -0.05) is 43.3 Å². The van der Waals surface area contributed by atoms with Gasteiger partial charge in [-0.3, -0.25) is 0 Å². The third-order valence-corrected chi connectivity index (χ3v) is 7.23. The second kappa shape index (κ2) is 12.1. The number of nitrogens with zero attached hydrogens (tertiary/aromatic N) is 1. The Morgan fingerprint density at radius 3 is 2.49 bits per heavy atom. The first-order valence-corrected chi connectivity index (χ1v) is 13.1. The molecule has 0 fully saturated rings. The van der Waals surface area contributed by atoms with E-state index in [0.717, 1.165) is 57.6 Å². The fraction of sp³-hybridized carbons (Fsp3) is 0.419. The minimum absolute atomic E-state index is 0.368. The van der Waals surface area contributed by atoms with Crippen molar-refractivity contribution in [1.82, 2.24) is 5.32 Å². The van der Waals surface area contributed by atoms with E-state index in [4.69, 9.17) is 4.74 Å². The van der Waals surface area contributed by atoms with Gasteiger partial charge in [0.05, 0.1) is 7.11 Å². The Labute approximate surface area is 211 Å². The summed E-state index contributed by atoms with van der Waals surface area (Å²) in [6, 6.07) is 21.5. The minimum atomic E-state index is 0.368. The molecular formula is C31H40N2O2. The van der Waals surface area contributed by atoms with Gasteiger partial charge in [0.25, 0.3) is 0 Å². The number of benzene rings is 3. The maximum Gasteiger partial charge on any atom is 0.120 e. The van der Waals surface area contributed by atoms with Gasteiger partial charge < -0.3 is 20.1 Å². The van der Waals surface area contributed by atoms with E-state index >= 15 is 0 Å². The lowest BCUT2D eigenvalue weighted by molar-refractivity contribution is 0.414. The first-order valence-electron chi connectivity index (χ1n) is 13.1. The number of nitrogens with one attached hydrogen (secondary N) is 1. The molecule has 1 atom stereocenters. The van der Waals surface area contributed by atoms with Crippen LogP contribution in [-0.2, 0) is 25.8 Å². The first-order chi connectivity index (χ1) is 17.1. The van der Waals surface area contributed by atoms with E-state index in [-0.39, 0.29) is 0 Å². The first kappa shape index (κ1) is 25.1. The summed E-state index contributed by atoms with van der Waals surface area (Å²) in [5.74, 6) is 1.73. The summed E-state index contributed by atoms with van der Waals surface area (Å²) in [5, 5.41) is 13.4. The zero-order chi connectivity index (χ0) is 24.6. The van der Waals surface area contributed by atoms with Crippen LogP contribution < -0.4 is 15.0 Å². The van der Waals surface area contributed by atoms with E-state index in [0.29, 0.717) is 11.7 Å². The van der Waals surface area contributed by atoms with Crippen LogP contribution in [-0.4, -0.2) is 31.9 Å². The number of aryl methyl sites for hydroxylation is 1. The number of anilines is 1. The molecule has 35 heavy (non-hydrogen) atoms. The van der Waals surface area contributed by atoms with Crippen molar-refractivity contribution in [2.24, 2.45) is 0 Å². The lowest BCUT2D eigenvalue weighted by Crippen LogP contribution is -2.25. The topological polar surface area (TPSA) is 44.7 Å². The average Bonchev–Trinajstić information content (AvgIpc) is 2.90. The molecule has 0 saturated heterocycles. The maximum atomic E-state index is 9.88. The lowest BCUT2D eigenvalue weighted by atomic mass is 9.79. The monoisotopic (exact) mass is 472 g/mol. The van der Waals surface area contributed by atoms with Gasteiger partial charge in [-0.05, 0) is 104 Å². The van der Waals surface area contributed by atoms with Crippen LogP contribution in [0, 0.1) is 0 Å². The van der Waals surface area contributed by atoms with Crippen LogP contribution in [0.5, 0.6) is 11.5 Å². The highest BCUT2D eigenvalue weighted by molar-refractivity contribution is 5.60. The van der Waals surface area contributed by atoms with Gasteiger partial charge in [0.1, 0.15) is 11.5 Å². The smallest absolute Gasteiger partial charge is 0.120 e. The van der Waals surface area contributed by atoms with Crippen LogP contribution in [0.1, 0.15) is 60.4 Å². The Balaban J connectivity index is 1.53. The second-order valence-corrected chi connectivity index (χ2v) is 9.65. The van der Waals surface area contributed by atoms with Crippen molar-refractivity contribution in [3.05, 3.63) is 88.5 Å². The van der Waals surface area contributed by atoms with E-state index in [1.165, 1.54) is 39.9 Å². The predicted molar refractivity (Wildman–Crippen MR) is 146 cm³/mol. The summed E-state index contributed by atoms with van der Waals surface area (Å²) in [6.07, 6.45) is 5.34. The number of hydrogen-bond acceptors (Lipinski definition) is 4. The number of ether oxygens (including phenoxy) is 1. The van der Waals surface area contributed by atoms with E-state index in [1.807, 2.05) is 12.1 Å². The van der Waals surface area contributed by atoms with Gasteiger partial charge >= 0.3 is 0 Å². The Kier molecular flexibility index (Phi) is 8.70. The van der Waals surface area contributed by atoms with Crippen molar-refractivity contribution in [3.63, 3.8) is 0 Å². The van der Waals surface area contributed by atoms with Gasteiger partial charge in [-0.2, -0.15) is 0 Å². The van der Waals surface area contributed by atoms with Crippen LogP contribution in [0.4, 0.5) is 5.69 Å². The number of phenolic OH excluding ortho intramolecular Hbond substituents is 1. The molecule has 0 aromatic heterocycles. The number of fused-ring (bicyclic) bond motifs is 1. The van der Waals surface area contributed by atoms with Crippen molar-refractivity contribution in [1.29, 1.82) is 0 Å². The summed E-state index contributed by atoms with van der Waals surface area (Å²) in [6.45, 7) is 8.36. The largest absolute Gasteiger partial charge is 0.508 e. The number of methoxy groups -OCH3 is 1. The molecule has 0 unspecified atom stereocenters. The molecule has 0 bridgehead atoms. The van der Waals surface area contributed by atoms with Gasteiger partial charge in [0.15, 0.2) is 0 Å². The highest BCUT2D eigenvalue weighted by Crippen LogP contribution is 2.40. The molecular weight excluding hydrogens is 432 g/mol. The molecule has 4 nitrogen and oxygen atoms in total. The highest BCUT2D eigenvalue weighted by atomic mass is 16.5. The van der Waals surface area contributed by atoms with Crippen molar-refractivity contribution in [2.45, 2.75) is 58.4 Å². The molecule has 0 heterocycles. The summed E-state index contributed by atoms with van der Waals surface area (Å²) in [4.78, 5) is 2.47. The highest BCUT2D eigenvalue weighted by Gasteiger charge is 2.24. The molecule has 186 valence electrons. The van der Waals surface area contributed by atoms with E-state index < -0.39 is 0 Å². The van der Waals surface area contributed by atoms with E-state index in [2.05, 4.69) is 72.6 Å². The van der Waals surface area contributed by atoms with Crippen molar-refractivity contribution < 1.29 is 9.84 Å². The molecule has 0 radical (unpaired) electrons. The standard InChI is InChI=1S/C31H40N2O2/c1-4-17-32-18-16-23-6-8-24(9-7-23)22-33(5-2)31-21-29(35-3)14-15-30(31)27-11-10-26-20-28(34)13-12-25(26)19-27/h6-9,12-15,20-21,27,32,34H,4-5,10-11,16-19,22H2,1-3H3/t27-/m1/s1. The van der Waals surface area contributed by atoms with Crippen molar-refractivity contribution in [3.8, 4) is 11.5 Å². The Morgan fingerprint density at radius 2 is 1.74 bits per heavy atom. The van der Waals surface area contributed by atoms with Crippen molar-refractivity contribution >= 4 is 5.69 Å². The maximum absolute atomic E-state index is 9.88. The fourth-order valence-electron chi connectivity index (χ4n) is 5.21. The summed E-state index contributed by atoms with van der Waals surface area (Å²) in [5.41, 5.74) is 8.02. The van der Waals surface area contributed by atoms with Gasteiger partial charge in [-0.15, -0.1) is 0 Å². The molecule has 0 aliphatic heterocycles. The van der Waals surface area contributed by atoms with E-state index in [1.54, 1.807) is 7.11 Å². The zero-order valence-electron chi connectivity index (χ0n) is 21.5. The number of rotatable bonds is 11. The van der Waals surface area contributed by atoms with Crippen LogP contribution in [0.3, 0.4) is 0 Å². The molecule has 0 saturated carbocycles. The third kappa shape index (κ3) is 6.37. The molecule has 1 aliphatic rings. The molecule has 3 aromatic rings. The molecule has 4 rings (SSSR count). The quantitative estimate of drug-likeness (QED) is 0.324. The van der Waals surface area contributed by atoms with Gasteiger partial charge in [0, 0.05) is 24.8 Å². The van der Waals surface area contributed by atoms with Crippen LogP contribution >= 0.6 is 0 Å². The molecule has 1 aliphatic carbocycles. The Bertz CT molecular complexity index is 1090. The molecule has 0 spiro atoms. The number of aromatic hydroxyl groups is 1. The minimum Gasteiger partial charge on any atom is -0.508 e. The third-order valence-electron chi connectivity index (χ3n) is 7.23. The summed E-state index contributed by atoms with van der Waals surface area (Å²) in [7, 11) is 1.74. The van der Waals surface area contributed by atoms with Crippen LogP contribution in [0.2, 0.25) is 0 Å². The average molecular weight is 473 g/mol. The molecule has 3 aromatic carbocycles. The normalized spacial score (nSPS) is 15.0. The number of hydrogen-bond donors (Lipinski definition) is 2. The van der Waals surface area contributed by atoms with Gasteiger partial charge in [-0.25, -0.2) is 0 Å². The predicted octanol–water partition coefficient (Wildman–Crippen LogP) is 6.24. The van der Waals surface area contributed by atoms with Crippen LogP contribution in [0.15, 0.2) is 60.7 Å². The van der Waals surface area contributed by atoms with Crippen LogP contribution in [0.25, 0.3) is 0 Å². The Morgan fingerprint density at radius 1 is 0.943 bits per heavy atom. The molecule has 4 heteroatoms. The molecule has 2 N–H and O–H groups in total. The fourth-order valence-corrected chi connectivity index (χ4v) is 5.21. The van der Waals surface area contributed by atoms with E-state index in [9.17, 15) is 5.11 Å². The lowest BCUT2D eigenvalue weighted by Gasteiger charge is -2.32. The Hall–Kier alpha value is -2.98. The summed E-state index contributed by atoms with van der Waals surface area (Å²) >= 11 is 0. The number of phenols is 1. The molecule has 0 amide bonds. The zero-order valence-corrected chi connectivity index (χ0v) is 21.5. The summed E-state index contributed by atoms with van der Waals surface area (Å²) < 4.78 is 5.62. The second-order valence-electron chi connectivity index (χ2n) is 9.65. The van der Waals surface area contributed by atoms with Gasteiger partial charge in [0.2, 0.25) is 0 Å². The SMILES string of the molecule is CCCNCCc1ccc(CN(CC)c2cc(OC)ccc2[C@@H]2CCc3cc(O)ccc3C2)cc1. The van der Waals surface area contributed by atoms with Crippen molar-refractivity contribution in [2.75, 3.05) is 31.6 Å².